The Bertz CT molecular complexity index is 1470. The van der Waals surface area contributed by atoms with Gasteiger partial charge in [-0.1, -0.05) is 305 Å². The van der Waals surface area contributed by atoms with Crippen molar-refractivity contribution in [2.24, 2.45) is 0 Å². The van der Waals surface area contributed by atoms with Crippen molar-refractivity contribution in [2.75, 3.05) is 13.2 Å². The van der Waals surface area contributed by atoms with Crippen LogP contribution in [0.15, 0.2) is 85.1 Å². The van der Waals surface area contributed by atoms with Gasteiger partial charge in [0.1, 0.15) is 13.2 Å². The minimum Gasteiger partial charge on any atom is -0.462 e. The Balaban J connectivity index is 4.40. The van der Waals surface area contributed by atoms with E-state index in [1.807, 2.05) is 0 Å². The first kappa shape index (κ1) is 73.6. The zero-order valence-corrected chi connectivity index (χ0v) is 51.0. The van der Waals surface area contributed by atoms with Gasteiger partial charge in [0.25, 0.3) is 0 Å². The highest BCUT2D eigenvalue weighted by atomic mass is 16.6. The van der Waals surface area contributed by atoms with Crippen molar-refractivity contribution in [1.29, 1.82) is 0 Å². The maximum atomic E-state index is 12.9. The molecule has 0 fully saturated rings. The molecule has 0 heterocycles. The summed E-state index contributed by atoms with van der Waals surface area (Å²) in [7, 11) is 0. The van der Waals surface area contributed by atoms with E-state index in [-0.39, 0.29) is 37.5 Å². The first-order chi connectivity index (χ1) is 38.0. The SMILES string of the molecule is CC/C=C\C/C=C\C/C=C\C/C=C\C/C=C\CCCC(=O)OCC(COC(=O)CCCCCCCCCCCCC/C=C\C/C=C\CCCCCCC)OC(=O)CCCCCCCCCCCCCCCCCCCCC. The van der Waals surface area contributed by atoms with Gasteiger partial charge in [-0.25, -0.2) is 0 Å². The van der Waals surface area contributed by atoms with Crippen LogP contribution in [0.25, 0.3) is 0 Å². The van der Waals surface area contributed by atoms with Crippen molar-refractivity contribution in [3.63, 3.8) is 0 Å². The zero-order chi connectivity index (χ0) is 55.7. The number of unbranched alkanes of at least 4 members (excludes halogenated alkanes) is 35. The summed E-state index contributed by atoms with van der Waals surface area (Å²) in [5, 5.41) is 0. The molecule has 1 unspecified atom stereocenters. The molecule has 0 spiro atoms. The molecule has 6 nitrogen and oxygen atoms in total. The molecular weight excluding hydrogens is 949 g/mol. The van der Waals surface area contributed by atoms with Gasteiger partial charge in [0.2, 0.25) is 0 Å². The molecule has 0 aliphatic heterocycles. The molecule has 0 aromatic carbocycles. The van der Waals surface area contributed by atoms with E-state index in [4.69, 9.17) is 14.2 Å². The molecule has 0 N–H and O–H groups in total. The highest BCUT2D eigenvalue weighted by molar-refractivity contribution is 5.71. The summed E-state index contributed by atoms with van der Waals surface area (Å²) in [6, 6.07) is 0. The lowest BCUT2D eigenvalue weighted by Crippen LogP contribution is -2.30. The number of hydrogen-bond donors (Lipinski definition) is 0. The normalized spacial score (nSPS) is 12.6. The lowest BCUT2D eigenvalue weighted by molar-refractivity contribution is -0.167. The zero-order valence-electron chi connectivity index (χ0n) is 51.0. The molecule has 77 heavy (non-hydrogen) atoms. The number of carbonyl (C=O) groups excluding carboxylic acids is 3. The minimum atomic E-state index is -0.800. The Morgan fingerprint density at radius 2 is 0.519 bits per heavy atom. The second-order valence-corrected chi connectivity index (χ2v) is 22.0. The van der Waals surface area contributed by atoms with Crippen LogP contribution in [0, 0.1) is 0 Å². The van der Waals surface area contributed by atoms with E-state index >= 15 is 0 Å². The predicted octanol–water partition coefficient (Wildman–Crippen LogP) is 22.7. The van der Waals surface area contributed by atoms with Crippen LogP contribution >= 0.6 is 0 Å². The van der Waals surface area contributed by atoms with Crippen molar-refractivity contribution < 1.29 is 28.6 Å². The first-order valence-corrected chi connectivity index (χ1v) is 33.1. The van der Waals surface area contributed by atoms with E-state index in [1.165, 1.54) is 199 Å². The molecule has 1 atom stereocenters. The van der Waals surface area contributed by atoms with E-state index in [1.54, 1.807) is 0 Å². The number of carbonyl (C=O) groups is 3. The summed E-state index contributed by atoms with van der Waals surface area (Å²) in [4.78, 5) is 38.4. The second kappa shape index (κ2) is 65.1. The Kier molecular flexibility index (Phi) is 62.2. The minimum absolute atomic E-state index is 0.0925. The van der Waals surface area contributed by atoms with Crippen LogP contribution in [0.5, 0.6) is 0 Å². The molecule has 0 amide bonds. The van der Waals surface area contributed by atoms with Gasteiger partial charge in [-0.3, -0.25) is 14.4 Å². The van der Waals surface area contributed by atoms with E-state index in [0.29, 0.717) is 19.3 Å². The summed E-state index contributed by atoms with van der Waals surface area (Å²) in [5.41, 5.74) is 0. The standard InChI is InChI=1S/C71H124O6/c1-4-7-10-13-16-19-22-25-28-31-33-34-35-36-38-40-43-46-49-52-55-58-61-64-70(73)76-67-68(66-75-69(72)63-60-57-54-51-48-45-42-39-30-27-24-21-18-15-12-9-6-3)77-71(74)65-62-59-56-53-50-47-44-41-37-32-29-26-23-20-17-14-11-8-5-2/h9,12,18,21-22,25,27,30-31,33,42,45,51,54,68H,4-8,10-11,13-17,19-20,23-24,26,28-29,32,34-41,43-44,46-50,52-53,55-67H2,1-3H3/b12-9-,21-18-,25-22-,30-27-,33-31-,45-42-,54-51-. The van der Waals surface area contributed by atoms with Crippen LogP contribution in [0.2, 0.25) is 0 Å². The molecule has 0 aliphatic carbocycles. The summed E-state index contributed by atoms with van der Waals surface area (Å²) < 4.78 is 16.9. The highest BCUT2D eigenvalue weighted by Crippen LogP contribution is 2.17. The van der Waals surface area contributed by atoms with Crippen molar-refractivity contribution in [3.05, 3.63) is 85.1 Å². The summed E-state index contributed by atoms with van der Waals surface area (Å²) >= 11 is 0. The van der Waals surface area contributed by atoms with Gasteiger partial charge in [-0.15, -0.1) is 0 Å². The smallest absolute Gasteiger partial charge is 0.306 e. The van der Waals surface area contributed by atoms with E-state index in [0.717, 1.165) is 83.5 Å². The lowest BCUT2D eigenvalue weighted by Gasteiger charge is -2.18. The molecular formula is C71H124O6. The lowest BCUT2D eigenvalue weighted by atomic mass is 10.0. The van der Waals surface area contributed by atoms with Crippen LogP contribution in [0.1, 0.15) is 329 Å². The molecule has 0 aliphatic rings. The summed E-state index contributed by atoms with van der Waals surface area (Å²) in [5.74, 6) is -0.939. The van der Waals surface area contributed by atoms with Crippen LogP contribution in [0.4, 0.5) is 0 Å². The maximum Gasteiger partial charge on any atom is 0.306 e. The largest absolute Gasteiger partial charge is 0.462 e. The number of hydrogen-bond acceptors (Lipinski definition) is 6. The maximum absolute atomic E-state index is 12.9. The molecule has 0 saturated carbocycles. The molecule has 444 valence electrons. The number of rotatable bonds is 60. The van der Waals surface area contributed by atoms with Crippen molar-refractivity contribution >= 4 is 17.9 Å². The van der Waals surface area contributed by atoms with Gasteiger partial charge >= 0.3 is 17.9 Å². The number of esters is 3. The first-order valence-electron chi connectivity index (χ1n) is 33.1. The average Bonchev–Trinajstić information content (AvgIpc) is 3.43. The fraction of sp³-hybridized carbons (Fsp3) is 0.761. The van der Waals surface area contributed by atoms with Crippen molar-refractivity contribution in [2.45, 2.75) is 335 Å². The van der Waals surface area contributed by atoms with Gasteiger partial charge < -0.3 is 14.2 Å². The third-order valence-electron chi connectivity index (χ3n) is 14.4. The van der Waals surface area contributed by atoms with Gasteiger partial charge in [-0.2, -0.15) is 0 Å². The summed E-state index contributed by atoms with van der Waals surface area (Å²) in [6.07, 6.45) is 86.0. The number of allylic oxidation sites excluding steroid dienone is 14. The third-order valence-corrected chi connectivity index (χ3v) is 14.4. The Morgan fingerprint density at radius 1 is 0.273 bits per heavy atom. The molecule has 0 bridgehead atoms. The molecule has 0 aromatic rings. The fourth-order valence-corrected chi connectivity index (χ4v) is 9.45. The van der Waals surface area contributed by atoms with Gasteiger partial charge in [0.15, 0.2) is 6.10 Å². The van der Waals surface area contributed by atoms with Gasteiger partial charge in [-0.05, 0) is 89.9 Å². The average molecular weight is 1070 g/mol. The molecule has 6 heteroatoms. The van der Waals surface area contributed by atoms with E-state index in [9.17, 15) is 14.4 Å². The van der Waals surface area contributed by atoms with Gasteiger partial charge in [0.05, 0.1) is 0 Å². The van der Waals surface area contributed by atoms with Crippen LogP contribution in [0.3, 0.4) is 0 Å². The van der Waals surface area contributed by atoms with Crippen molar-refractivity contribution in [1.82, 2.24) is 0 Å². The fourth-order valence-electron chi connectivity index (χ4n) is 9.45. The van der Waals surface area contributed by atoms with E-state index < -0.39 is 6.10 Å². The second-order valence-electron chi connectivity index (χ2n) is 22.0. The monoisotopic (exact) mass is 1070 g/mol. The molecule has 0 rings (SSSR count). The molecule has 0 radical (unpaired) electrons. The van der Waals surface area contributed by atoms with Crippen LogP contribution in [-0.2, 0) is 28.6 Å². The van der Waals surface area contributed by atoms with Gasteiger partial charge in [0, 0.05) is 19.3 Å². The van der Waals surface area contributed by atoms with E-state index in [2.05, 4.69) is 106 Å². The third kappa shape index (κ3) is 63.3. The summed E-state index contributed by atoms with van der Waals surface area (Å²) in [6.45, 7) is 6.51. The molecule has 0 saturated heterocycles. The van der Waals surface area contributed by atoms with Crippen LogP contribution in [-0.4, -0.2) is 37.2 Å². The highest BCUT2D eigenvalue weighted by Gasteiger charge is 2.19. The predicted molar refractivity (Wildman–Crippen MR) is 334 cm³/mol. The Morgan fingerprint density at radius 3 is 0.844 bits per heavy atom. The molecule has 0 aromatic heterocycles. The number of ether oxygens (including phenoxy) is 3. The van der Waals surface area contributed by atoms with Crippen LogP contribution < -0.4 is 0 Å². The quantitative estimate of drug-likeness (QED) is 0.0261. The Labute approximate surface area is 477 Å². The Hall–Kier alpha value is -3.41. The topological polar surface area (TPSA) is 78.9 Å². The van der Waals surface area contributed by atoms with Crippen molar-refractivity contribution in [3.8, 4) is 0 Å².